The summed E-state index contributed by atoms with van der Waals surface area (Å²) in [6, 6.07) is -3.89. The average molecular weight is 526 g/mol. The fourth-order valence-corrected chi connectivity index (χ4v) is 5.40. The van der Waals surface area contributed by atoms with E-state index >= 15 is 0 Å². The molecule has 0 aromatic rings. The lowest BCUT2D eigenvalue weighted by molar-refractivity contribution is -0.360. The second-order valence-corrected chi connectivity index (χ2v) is 10.1. The van der Waals surface area contributed by atoms with E-state index in [0.29, 0.717) is 0 Å². The first kappa shape index (κ1) is 28.4. The number of fused-ring (bicyclic) bond motifs is 1. The third-order valence-corrected chi connectivity index (χ3v) is 7.59. The lowest BCUT2D eigenvalue weighted by Gasteiger charge is -2.51. The van der Waals surface area contributed by atoms with Crippen LogP contribution >= 0.6 is 0 Å². The molecule has 0 spiro atoms. The summed E-state index contributed by atoms with van der Waals surface area (Å²) in [5, 5.41) is 43.7. The van der Waals surface area contributed by atoms with Crippen LogP contribution in [0.5, 0.6) is 0 Å². The van der Waals surface area contributed by atoms with E-state index < -0.39 is 105 Å². The van der Waals surface area contributed by atoms with Gasteiger partial charge in [-0.3, -0.25) is 0 Å². The number of nitrogens with one attached hydrogen (secondary N) is 1. The van der Waals surface area contributed by atoms with E-state index in [9.17, 15) is 24.8 Å². The number of hydrogen-bond donors (Lipinski definition) is 9. The molecule has 1 aliphatic carbocycles. The van der Waals surface area contributed by atoms with Crippen molar-refractivity contribution < 1.29 is 48.5 Å². The van der Waals surface area contributed by atoms with Crippen molar-refractivity contribution in [2.45, 2.75) is 117 Å². The van der Waals surface area contributed by atoms with Crippen molar-refractivity contribution in [3.63, 3.8) is 0 Å². The van der Waals surface area contributed by atoms with Gasteiger partial charge in [-0.1, -0.05) is 0 Å². The van der Waals surface area contributed by atoms with Gasteiger partial charge in [0.05, 0.1) is 36.9 Å². The Morgan fingerprint density at radius 1 is 0.889 bits per heavy atom. The van der Waals surface area contributed by atoms with E-state index in [0.717, 1.165) is 0 Å². The smallest absolute Gasteiger partial charge is 0.179 e. The Morgan fingerprint density at radius 2 is 1.61 bits per heavy atom. The van der Waals surface area contributed by atoms with Crippen LogP contribution in [0.4, 0.5) is 4.39 Å². The maximum atomic E-state index is 14.7. The minimum atomic E-state index is -1.82. The Balaban J connectivity index is 1.41. The number of halogens is 1. The van der Waals surface area contributed by atoms with Gasteiger partial charge in [0.15, 0.2) is 25.0 Å². The fraction of sp³-hybridized carbons (Fsp3) is 1.00. The number of aliphatic hydroxyl groups is 4. The topological polar surface area (TPSA) is 243 Å². The Morgan fingerprint density at radius 3 is 2.28 bits per heavy atom. The summed E-state index contributed by atoms with van der Waals surface area (Å²) < 4.78 is 44.1. The molecule has 0 radical (unpaired) electrons. The molecule has 36 heavy (non-hydrogen) atoms. The molecule has 0 aromatic heterocycles. The summed E-state index contributed by atoms with van der Waals surface area (Å²) in [7, 11) is 1.60. The predicted molar refractivity (Wildman–Crippen MR) is 121 cm³/mol. The molecular formula is C21H40FN5O9. The van der Waals surface area contributed by atoms with Gasteiger partial charge in [0.25, 0.3) is 0 Å². The van der Waals surface area contributed by atoms with Crippen molar-refractivity contribution in [3.05, 3.63) is 0 Å². The van der Waals surface area contributed by atoms with E-state index in [1.54, 1.807) is 7.05 Å². The molecule has 13 N–H and O–H groups in total. The molecule has 3 saturated heterocycles. The summed E-state index contributed by atoms with van der Waals surface area (Å²) in [5.74, 6) is 0. The van der Waals surface area contributed by atoms with Crippen molar-refractivity contribution in [2.75, 3.05) is 13.7 Å². The van der Waals surface area contributed by atoms with Crippen molar-refractivity contribution in [1.82, 2.24) is 5.32 Å². The average Bonchev–Trinajstić information content (AvgIpc) is 2.83. The highest BCUT2D eigenvalue weighted by molar-refractivity contribution is 5.01. The van der Waals surface area contributed by atoms with Gasteiger partial charge in [-0.25, -0.2) is 4.39 Å². The highest BCUT2D eigenvalue weighted by Gasteiger charge is 2.53. The summed E-state index contributed by atoms with van der Waals surface area (Å²) in [6.45, 7) is -0.399. The number of aliphatic hydroxyl groups excluding tert-OH is 4. The van der Waals surface area contributed by atoms with E-state index in [4.69, 9.17) is 46.6 Å². The van der Waals surface area contributed by atoms with Crippen molar-refractivity contribution in [3.8, 4) is 0 Å². The number of hydrogen-bond acceptors (Lipinski definition) is 14. The third-order valence-electron chi connectivity index (χ3n) is 7.59. The van der Waals surface area contributed by atoms with Gasteiger partial charge in [-0.2, -0.15) is 0 Å². The van der Waals surface area contributed by atoms with Gasteiger partial charge in [0, 0.05) is 18.5 Å². The number of ether oxygens (including phenoxy) is 5. The van der Waals surface area contributed by atoms with E-state index in [1.165, 1.54) is 0 Å². The molecular weight excluding hydrogens is 485 g/mol. The van der Waals surface area contributed by atoms with Gasteiger partial charge in [0.2, 0.25) is 0 Å². The maximum Gasteiger partial charge on any atom is 0.179 e. The van der Waals surface area contributed by atoms with Crippen LogP contribution in [0.1, 0.15) is 19.3 Å². The lowest BCUT2D eigenvalue weighted by atomic mass is 9.85. The molecule has 0 bridgehead atoms. The molecule has 14 nitrogen and oxygen atoms in total. The Hall–Kier alpha value is -0.630. The van der Waals surface area contributed by atoms with Gasteiger partial charge < -0.3 is 72.4 Å². The van der Waals surface area contributed by atoms with Crippen LogP contribution in [0.25, 0.3) is 0 Å². The molecule has 210 valence electrons. The van der Waals surface area contributed by atoms with Gasteiger partial charge in [0.1, 0.15) is 30.5 Å². The Labute approximate surface area is 208 Å². The first-order chi connectivity index (χ1) is 17.0. The van der Waals surface area contributed by atoms with Crippen molar-refractivity contribution in [1.29, 1.82) is 0 Å². The Kier molecular flexibility index (Phi) is 9.17. The zero-order chi connectivity index (χ0) is 26.3. The van der Waals surface area contributed by atoms with E-state index in [2.05, 4.69) is 5.32 Å². The van der Waals surface area contributed by atoms with Crippen LogP contribution < -0.4 is 28.3 Å². The maximum absolute atomic E-state index is 14.7. The molecule has 12 unspecified atom stereocenters. The molecule has 1 saturated carbocycles. The summed E-state index contributed by atoms with van der Waals surface area (Å²) in [5.41, 5.74) is 23.9. The van der Waals surface area contributed by atoms with Gasteiger partial charge in [-0.05, 0) is 19.9 Å². The monoisotopic (exact) mass is 525 g/mol. The van der Waals surface area contributed by atoms with Crippen LogP contribution in [0, 0.1) is 0 Å². The number of likely N-dealkylation sites (N-methyl/N-ethyl adjacent to an activating group) is 1. The minimum absolute atomic E-state index is 0.0473. The minimum Gasteiger partial charge on any atom is -0.394 e. The molecule has 16 atom stereocenters. The molecule has 0 aromatic carbocycles. The number of nitrogens with two attached hydrogens (primary N) is 4. The fourth-order valence-electron chi connectivity index (χ4n) is 5.40. The number of alkyl halides is 1. The van der Waals surface area contributed by atoms with Gasteiger partial charge >= 0.3 is 0 Å². The summed E-state index contributed by atoms with van der Waals surface area (Å²) in [6.07, 6.45) is -11.6. The van der Waals surface area contributed by atoms with Crippen molar-refractivity contribution in [2.24, 2.45) is 22.9 Å². The third kappa shape index (κ3) is 5.55. The van der Waals surface area contributed by atoms with Crippen molar-refractivity contribution >= 4 is 0 Å². The zero-order valence-corrected chi connectivity index (χ0v) is 20.1. The highest BCUT2D eigenvalue weighted by Crippen LogP contribution is 2.35. The van der Waals surface area contributed by atoms with E-state index in [1.807, 2.05) is 0 Å². The van der Waals surface area contributed by atoms with Crippen LogP contribution in [0.3, 0.4) is 0 Å². The Bertz CT molecular complexity index is 731. The first-order valence-electron chi connectivity index (χ1n) is 12.3. The SMILES string of the molecule is CNC1C(O[C@@H]2C[C@@H](O)C(N)C(CO)O2)O[C@H]2C[C@H](N)C(OC3C(N)CC(N)C(O)C3F)OC2C1O. The number of rotatable bonds is 6. The lowest BCUT2D eigenvalue weighted by Crippen LogP contribution is -2.69. The zero-order valence-electron chi connectivity index (χ0n) is 20.1. The standard InChI is InChI=1S/C21H40FN5O9/c1-27-15-17(31)19-10(33-21(15)34-12-4-9(29)14(26)11(5-28)32-12)3-8(25)20(36-19)35-18-7(24)2-6(23)16(30)13(18)22/h6-21,27-31H,2-5,23-26H2,1H3/t6?,7?,8-,9+,10-,11?,12+,13?,14?,15?,16?,17?,18?,19?,20?,21?/m0/s1. The van der Waals surface area contributed by atoms with Crippen LogP contribution in [0.15, 0.2) is 0 Å². The normalized spacial score (nSPS) is 54.2. The molecule has 0 amide bonds. The first-order valence-corrected chi connectivity index (χ1v) is 12.3. The van der Waals surface area contributed by atoms with Crippen LogP contribution in [-0.2, 0) is 23.7 Å². The molecule has 4 fully saturated rings. The molecule has 15 heteroatoms. The second kappa shape index (κ2) is 11.6. The van der Waals surface area contributed by atoms with Gasteiger partial charge in [-0.15, -0.1) is 0 Å². The van der Waals surface area contributed by atoms with Crippen LogP contribution in [0.2, 0.25) is 0 Å². The second-order valence-electron chi connectivity index (χ2n) is 10.1. The van der Waals surface area contributed by atoms with Crippen LogP contribution in [-0.4, -0.2) is 132 Å². The summed E-state index contributed by atoms with van der Waals surface area (Å²) >= 11 is 0. The quantitative estimate of drug-likeness (QED) is 0.158. The summed E-state index contributed by atoms with van der Waals surface area (Å²) in [4.78, 5) is 0. The largest absolute Gasteiger partial charge is 0.394 e. The highest BCUT2D eigenvalue weighted by atomic mass is 19.1. The molecule has 3 aliphatic heterocycles. The molecule has 3 heterocycles. The van der Waals surface area contributed by atoms with E-state index in [-0.39, 0.29) is 19.3 Å². The molecule has 4 rings (SSSR count). The predicted octanol–water partition coefficient (Wildman–Crippen LogP) is -4.94. The molecule has 4 aliphatic rings.